The predicted molar refractivity (Wildman–Crippen MR) is 89.1 cm³/mol. The fourth-order valence-electron chi connectivity index (χ4n) is 1.69. The second kappa shape index (κ2) is 6.67. The minimum absolute atomic E-state index is 0.388. The molecule has 0 aliphatic heterocycles. The number of benzene rings is 2. The first-order chi connectivity index (χ1) is 10.7. The van der Waals surface area contributed by atoms with Crippen molar-refractivity contribution < 1.29 is 9.53 Å². The number of nitrogens with zero attached hydrogens (tertiary/aromatic N) is 2. The number of halogens is 1. The number of ether oxygens (including phenoxy) is 1. The average Bonchev–Trinajstić information content (AvgIpc) is 2.97. The Morgan fingerprint density at radius 3 is 2.50 bits per heavy atom. The second-order valence-electron chi connectivity index (χ2n) is 4.25. The number of nitrogens with one attached hydrogen (secondary N) is 1. The van der Waals surface area contributed by atoms with Gasteiger partial charge in [-0.05, 0) is 24.3 Å². The standard InChI is InChI=1S/C15H10BrN3O2S/c16-11-8-6-10(7-9-11)13-18-19-14(22-13)17-15(20)21-12-4-2-1-3-5-12/h1-9H,(H,17,19,20). The van der Waals surface area contributed by atoms with Gasteiger partial charge in [0.2, 0.25) is 5.13 Å². The van der Waals surface area contributed by atoms with Crippen molar-refractivity contribution in [2.24, 2.45) is 0 Å². The van der Waals surface area contributed by atoms with Gasteiger partial charge in [-0.1, -0.05) is 57.6 Å². The molecule has 1 heterocycles. The van der Waals surface area contributed by atoms with Crippen molar-refractivity contribution in [2.75, 3.05) is 5.32 Å². The quantitative estimate of drug-likeness (QED) is 0.727. The minimum Gasteiger partial charge on any atom is -0.410 e. The molecule has 1 N–H and O–H groups in total. The molecule has 0 radical (unpaired) electrons. The number of hydrogen-bond donors (Lipinski definition) is 1. The van der Waals surface area contributed by atoms with Gasteiger partial charge in [-0.15, -0.1) is 10.2 Å². The lowest BCUT2D eigenvalue weighted by molar-refractivity contribution is 0.215. The van der Waals surface area contributed by atoms with Gasteiger partial charge in [0, 0.05) is 10.0 Å². The first-order valence-electron chi connectivity index (χ1n) is 6.34. The van der Waals surface area contributed by atoms with Gasteiger partial charge in [-0.3, -0.25) is 5.32 Å². The average molecular weight is 376 g/mol. The fourth-order valence-corrected chi connectivity index (χ4v) is 2.69. The van der Waals surface area contributed by atoms with Crippen LogP contribution in [0.1, 0.15) is 0 Å². The molecule has 0 bridgehead atoms. The van der Waals surface area contributed by atoms with E-state index in [1.54, 1.807) is 24.3 Å². The Morgan fingerprint density at radius 1 is 1.05 bits per heavy atom. The van der Waals surface area contributed by atoms with Crippen LogP contribution in [-0.4, -0.2) is 16.3 Å². The number of carbonyl (C=O) groups is 1. The van der Waals surface area contributed by atoms with Crippen LogP contribution in [0, 0.1) is 0 Å². The van der Waals surface area contributed by atoms with Gasteiger partial charge < -0.3 is 4.74 Å². The molecule has 0 fully saturated rings. The predicted octanol–water partition coefficient (Wildman–Crippen LogP) is 4.58. The van der Waals surface area contributed by atoms with E-state index in [0.717, 1.165) is 15.0 Å². The lowest BCUT2D eigenvalue weighted by Gasteiger charge is -2.02. The fraction of sp³-hybridized carbons (Fsp3) is 0. The normalized spacial score (nSPS) is 10.2. The number of para-hydroxylation sites is 1. The number of rotatable bonds is 3. The maximum atomic E-state index is 11.8. The molecule has 3 aromatic rings. The third-order valence-corrected chi connectivity index (χ3v) is 4.10. The number of anilines is 1. The van der Waals surface area contributed by atoms with Crippen LogP contribution in [0.4, 0.5) is 9.93 Å². The van der Waals surface area contributed by atoms with Gasteiger partial charge >= 0.3 is 6.09 Å². The minimum atomic E-state index is -0.593. The molecule has 1 aromatic heterocycles. The summed E-state index contributed by atoms with van der Waals surface area (Å²) < 4.78 is 6.12. The first kappa shape index (κ1) is 14.7. The van der Waals surface area contributed by atoms with Crippen LogP contribution in [0.25, 0.3) is 10.6 Å². The van der Waals surface area contributed by atoms with Crippen LogP contribution in [-0.2, 0) is 0 Å². The summed E-state index contributed by atoms with van der Waals surface area (Å²) in [7, 11) is 0. The maximum absolute atomic E-state index is 11.8. The zero-order chi connectivity index (χ0) is 15.4. The summed E-state index contributed by atoms with van der Waals surface area (Å²) >= 11 is 4.66. The van der Waals surface area contributed by atoms with Crippen LogP contribution >= 0.6 is 27.3 Å². The van der Waals surface area contributed by atoms with Crippen molar-refractivity contribution in [2.45, 2.75) is 0 Å². The molecule has 0 atom stereocenters. The van der Waals surface area contributed by atoms with E-state index in [9.17, 15) is 4.79 Å². The first-order valence-corrected chi connectivity index (χ1v) is 7.95. The van der Waals surface area contributed by atoms with Crippen molar-refractivity contribution in [3.8, 4) is 16.3 Å². The molecule has 0 unspecified atom stereocenters. The summed E-state index contributed by atoms with van der Waals surface area (Å²) in [5.41, 5.74) is 0.935. The van der Waals surface area contributed by atoms with Gasteiger partial charge in [0.15, 0.2) is 0 Å². The molecular weight excluding hydrogens is 366 g/mol. The molecule has 110 valence electrons. The Hall–Kier alpha value is -2.25. The van der Waals surface area contributed by atoms with Crippen molar-refractivity contribution in [1.29, 1.82) is 0 Å². The zero-order valence-electron chi connectivity index (χ0n) is 11.2. The molecule has 0 aliphatic rings. The zero-order valence-corrected chi connectivity index (χ0v) is 13.6. The Morgan fingerprint density at radius 2 is 1.77 bits per heavy atom. The van der Waals surface area contributed by atoms with Crippen molar-refractivity contribution in [3.63, 3.8) is 0 Å². The molecular formula is C15H10BrN3O2S. The molecule has 0 saturated heterocycles. The van der Waals surface area contributed by atoms with Crippen molar-refractivity contribution in [3.05, 3.63) is 59.1 Å². The lowest BCUT2D eigenvalue weighted by atomic mass is 10.2. The summed E-state index contributed by atoms with van der Waals surface area (Å²) in [6.07, 6.45) is -0.593. The molecule has 7 heteroatoms. The Bertz CT molecular complexity index is 775. The monoisotopic (exact) mass is 375 g/mol. The Balaban J connectivity index is 1.66. The smallest absolute Gasteiger partial charge is 0.410 e. The van der Waals surface area contributed by atoms with Crippen LogP contribution < -0.4 is 10.1 Å². The van der Waals surface area contributed by atoms with E-state index in [-0.39, 0.29) is 0 Å². The highest BCUT2D eigenvalue weighted by Gasteiger charge is 2.11. The van der Waals surface area contributed by atoms with E-state index in [4.69, 9.17) is 4.74 Å². The van der Waals surface area contributed by atoms with E-state index < -0.39 is 6.09 Å². The highest BCUT2D eigenvalue weighted by atomic mass is 79.9. The molecule has 0 spiro atoms. The van der Waals surface area contributed by atoms with E-state index in [1.165, 1.54) is 11.3 Å². The van der Waals surface area contributed by atoms with Gasteiger partial charge in [0.1, 0.15) is 10.8 Å². The summed E-state index contributed by atoms with van der Waals surface area (Å²) in [5.74, 6) is 0.470. The van der Waals surface area contributed by atoms with E-state index in [1.807, 2.05) is 30.3 Å². The van der Waals surface area contributed by atoms with Gasteiger partial charge in [0.25, 0.3) is 0 Å². The highest BCUT2D eigenvalue weighted by molar-refractivity contribution is 9.10. The molecule has 0 aliphatic carbocycles. The van der Waals surface area contributed by atoms with Gasteiger partial charge in [-0.2, -0.15) is 0 Å². The third kappa shape index (κ3) is 3.69. The van der Waals surface area contributed by atoms with Gasteiger partial charge in [0.05, 0.1) is 0 Å². The van der Waals surface area contributed by atoms with Crippen molar-refractivity contribution >= 4 is 38.5 Å². The van der Waals surface area contributed by atoms with Crippen LogP contribution in [0.2, 0.25) is 0 Å². The summed E-state index contributed by atoms with van der Waals surface area (Å²) in [5, 5.41) is 11.7. The molecule has 2 aromatic carbocycles. The topological polar surface area (TPSA) is 64.1 Å². The molecule has 5 nitrogen and oxygen atoms in total. The number of carbonyl (C=O) groups excluding carboxylic acids is 1. The van der Waals surface area contributed by atoms with Gasteiger partial charge in [-0.25, -0.2) is 4.79 Å². The van der Waals surface area contributed by atoms with E-state index in [2.05, 4.69) is 31.4 Å². The lowest BCUT2D eigenvalue weighted by Crippen LogP contribution is -2.16. The van der Waals surface area contributed by atoms with Crippen LogP contribution in [0.3, 0.4) is 0 Å². The molecule has 3 rings (SSSR count). The largest absolute Gasteiger partial charge is 0.418 e. The SMILES string of the molecule is O=C(Nc1nnc(-c2ccc(Br)cc2)s1)Oc1ccccc1. The van der Waals surface area contributed by atoms with Crippen molar-refractivity contribution in [1.82, 2.24) is 10.2 Å². The second-order valence-corrected chi connectivity index (χ2v) is 6.14. The Kier molecular flexibility index (Phi) is 4.45. The number of hydrogen-bond acceptors (Lipinski definition) is 5. The Labute approximate surface area is 139 Å². The third-order valence-electron chi connectivity index (χ3n) is 2.68. The van der Waals surface area contributed by atoms with Crippen LogP contribution in [0.5, 0.6) is 5.75 Å². The number of aromatic nitrogens is 2. The summed E-state index contributed by atoms with van der Waals surface area (Å²) in [6.45, 7) is 0. The maximum Gasteiger partial charge on any atom is 0.418 e. The van der Waals surface area contributed by atoms with E-state index >= 15 is 0 Å². The highest BCUT2D eigenvalue weighted by Crippen LogP contribution is 2.27. The number of amides is 1. The van der Waals surface area contributed by atoms with E-state index in [0.29, 0.717) is 10.9 Å². The molecule has 22 heavy (non-hydrogen) atoms. The summed E-state index contributed by atoms with van der Waals surface area (Å²) in [4.78, 5) is 11.8. The summed E-state index contributed by atoms with van der Waals surface area (Å²) in [6, 6.07) is 16.5. The molecule has 0 saturated carbocycles. The van der Waals surface area contributed by atoms with Crippen LogP contribution in [0.15, 0.2) is 59.1 Å². The molecule has 1 amide bonds.